The Morgan fingerprint density at radius 2 is 0.513 bits per heavy atom. The summed E-state index contributed by atoms with van der Waals surface area (Å²) in [7, 11) is 0. The van der Waals surface area contributed by atoms with Crippen LogP contribution in [0.4, 0.5) is 0 Å². The van der Waals surface area contributed by atoms with Crippen molar-refractivity contribution >= 4 is 43.6 Å². The molecule has 0 aromatic heterocycles. The van der Waals surface area contributed by atoms with Crippen molar-refractivity contribution < 1.29 is 0 Å². The molecule has 14 rings (SSSR count). The van der Waals surface area contributed by atoms with Crippen molar-refractivity contribution in [1.82, 2.24) is 0 Å². The predicted octanol–water partition coefficient (Wildman–Crippen LogP) is 12.4. The lowest BCUT2D eigenvalue weighted by Gasteiger charge is -2.49. The van der Waals surface area contributed by atoms with Crippen molar-refractivity contribution in [1.29, 1.82) is 0 Å². The van der Waals surface area contributed by atoms with E-state index in [1.165, 1.54) is 103 Å². The first-order chi connectivity index (χ1) is 19.2. The molecule has 39 heavy (non-hydrogen) atoms. The zero-order valence-corrected chi connectivity index (χ0v) is 27.1. The highest BCUT2D eigenvalue weighted by atomic mass is 79.9. The summed E-state index contributed by atoms with van der Waals surface area (Å²) in [5, 5.41) is 0. The summed E-state index contributed by atoms with van der Waals surface area (Å²) in [4.78, 5) is 3.35. The van der Waals surface area contributed by atoms with E-state index in [-0.39, 0.29) is 0 Å². The van der Waals surface area contributed by atoms with E-state index >= 15 is 0 Å². The summed E-state index contributed by atoms with van der Waals surface area (Å²) < 4.78 is 3.09. The Morgan fingerprint density at radius 1 is 0.308 bits per heavy atom. The Balaban J connectivity index is 1.24. The van der Waals surface area contributed by atoms with Crippen LogP contribution in [0.3, 0.4) is 0 Å². The van der Waals surface area contributed by atoms with Crippen LogP contribution in [0.5, 0.6) is 0 Å². The Bertz CT molecular complexity index is 1300. The lowest BCUT2D eigenvalue weighted by molar-refractivity contribution is 0.320. The number of halogens is 2. The van der Waals surface area contributed by atoms with Crippen LogP contribution < -0.4 is 0 Å². The molecule has 4 fully saturated rings. The van der Waals surface area contributed by atoms with Gasteiger partial charge in [0.25, 0.3) is 0 Å². The van der Waals surface area contributed by atoms with Gasteiger partial charge in [-0.3, -0.25) is 0 Å². The number of benzene rings is 2. The maximum Gasteiger partial charge on any atom is 0.0355 e. The maximum absolute atomic E-state index is 4.41. The molecule has 0 heterocycles. The van der Waals surface area contributed by atoms with Crippen LogP contribution in [0.2, 0.25) is 0 Å². The van der Waals surface area contributed by atoms with Gasteiger partial charge in [-0.25, -0.2) is 0 Å². The van der Waals surface area contributed by atoms with Gasteiger partial charge in [-0.2, -0.15) is 0 Å². The van der Waals surface area contributed by atoms with Crippen LogP contribution in [0.25, 0.3) is 0 Å². The molecule has 0 unspecified atom stereocenters. The smallest absolute Gasteiger partial charge is 0.0355 e. The van der Waals surface area contributed by atoms with Gasteiger partial charge in [0.2, 0.25) is 0 Å². The van der Waals surface area contributed by atoms with E-state index in [2.05, 4.69) is 43.6 Å². The Labute approximate surface area is 255 Å². The third kappa shape index (κ3) is 3.15. The average Bonchev–Trinajstić information content (AvgIpc) is 3.02. The molecular formula is C36H40Br2S. The summed E-state index contributed by atoms with van der Waals surface area (Å²) in [6.07, 6.45) is 23.1. The highest BCUT2D eigenvalue weighted by molar-refractivity contribution is 9.11. The first kappa shape index (κ1) is 24.2. The van der Waals surface area contributed by atoms with Crippen LogP contribution in [-0.2, 0) is 0 Å². The van der Waals surface area contributed by atoms with E-state index < -0.39 is 0 Å². The molecule has 8 bridgehead atoms. The van der Waals surface area contributed by atoms with Gasteiger partial charge < -0.3 is 0 Å². The number of hydrogen-bond acceptors (Lipinski definition) is 1. The van der Waals surface area contributed by atoms with Gasteiger partial charge in [0.15, 0.2) is 0 Å². The summed E-state index contributed by atoms with van der Waals surface area (Å²) >= 11 is 11.1. The van der Waals surface area contributed by atoms with Gasteiger partial charge in [-0.15, -0.1) is 0 Å². The van der Waals surface area contributed by atoms with Crippen molar-refractivity contribution in [2.75, 3.05) is 0 Å². The molecule has 0 N–H and O–H groups in total. The Hall–Kier alpha value is -0.250. The van der Waals surface area contributed by atoms with Crippen molar-refractivity contribution in [3.63, 3.8) is 0 Å². The summed E-state index contributed by atoms with van der Waals surface area (Å²) in [6, 6.07) is 0. The molecule has 0 atom stereocenters. The fourth-order valence-corrected chi connectivity index (χ4v) is 15.3. The van der Waals surface area contributed by atoms with E-state index in [1.54, 1.807) is 29.9 Å². The summed E-state index contributed by atoms with van der Waals surface area (Å²) in [5.41, 5.74) is 14.8. The third-order valence-electron chi connectivity index (χ3n) is 13.5. The minimum Gasteiger partial charge on any atom is -0.0871 e. The summed E-state index contributed by atoms with van der Waals surface area (Å²) in [6.45, 7) is 0. The number of hydrogen-bond donors (Lipinski definition) is 0. The zero-order valence-electron chi connectivity index (χ0n) is 23.1. The standard InChI is InChI=1S/C36H40Br2S/c37-33-29-21-9-1-17(2-10-21)25(29)27-19-5-13-23(14-6-19)31(27)35(33)39-36-32-24-15-7-20(8-16-24)28(32)26-18-3-11-22(12-4-18)30(26)34(36)38/h17-24H,1-16H2. The second-order valence-electron chi connectivity index (χ2n) is 14.9. The molecule has 0 aliphatic heterocycles. The molecule has 204 valence electrons. The van der Waals surface area contributed by atoms with E-state index in [4.69, 9.17) is 0 Å². The van der Waals surface area contributed by atoms with Gasteiger partial charge in [-0.1, -0.05) is 11.8 Å². The van der Waals surface area contributed by atoms with E-state index in [9.17, 15) is 0 Å². The zero-order chi connectivity index (χ0) is 25.6. The van der Waals surface area contributed by atoms with Crippen LogP contribution in [0.15, 0.2) is 18.7 Å². The first-order valence-corrected chi connectivity index (χ1v) is 19.0. The number of rotatable bonds is 2. The molecule has 2 aromatic rings. The predicted molar refractivity (Wildman–Crippen MR) is 168 cm³/mol. The van der Waals surface area contributed by atoms with E-state index in [0.29, 0.717) is 0 Å². The summed E-state index contributed by atoms with van der Waals surface area (Å²) in [5.74, 6) is 6.60. The van der Waals surface area contributed by atoms with Crippen LogP contribution in [0, 0.1) is 0 Å². The van der Waals surface area contributed by atoms with Gasteiger partial charge in [0, 0.05) is 18.7 Å². The molecule has 0 saturated heterocycles. The average molecular weight is 665 g/mol. The van der Waals surface area contributed by atoms with E-state index in [0.717, 1.165) is 47.3 Å². The van der Waals surface area contributed by atoms with Crippen molar-refractivity contribution in [3.8, 4) is 0 Å². The topological polar surface area (TPSA) is 0 Å². The van der Waals surface area contributed by atoms with Gasteiger partial charge in [-0.05, 0) is 226 Å². The van der Waals surface area contributed by atoms with Crippen LogP contribution in [0.1, 0.15) is 195 Å². The fraction of sp³-hybridized carbons (Fsp3) is 0.667. The second kappa shape index (κ2) is 8.66. The van der Waals surface area contributed by atoms with Crippen molar-refractivity contribution in [2.45, 2.75) is 160 Å². The maximum atomic E-state index is 4.41. The van der Waals surface area contributed by atoms with Crippen LogP contribution in [-0.4, -0.2) is 0 Å². The van der Waals surface area contributed by atoms with Crippen molar-refractivity contribution in [3.05, 3.63) is 53.5 Å². The second-order valence-corrected chi connectivity index (χ2v) is 17.5. The highest BCUT2D eigenvalue weighted by Crippen LogP contribution is 2.66. The monoisotopic (exact) mass is 662 g/mol. The largest absolute Gasteiger partial charge is 0.0871 e. The molecular weight excluding hydrogens is 624 g/mol. The first-order valence-electron chi connectivity index (χ1n) is 16.6. The van der Waals surface area contributed by atoms with Gasteiger partial charge >= 0.3 is 0 Å². The molecule has 0 amide bonds. The minimum atomic E-state index is 0.800. The highest BCUT2D eigenvalue weighted by Gasteiger charge is 2.47. The lowest BCUT2D eigenvalue weighted by Crippen LogP contribution is -2.31. The minimum absolute atomic E-state index is 0.800. The molecule has 2 aromatic carbocycles. The van der Waals surface area contributed by atoms with E-state index in [1.807, 2.05) is 33.4 Å². The molecule has 0 radical (unpaired) electrons. The van der Waals surface area contributed by atoms with Crippen LogP contribution >= 0.6 is 43.6 Å². The normalized spacial score (nSPS) is 38.0. The third-order valence-corrected chi connectivity index (χ3v) is 16.9. The lowest BCUT2D eigenvalue weighted by atomic mass is 9.58. The van der Waals surface area contributed by atoms with Crippen molar-refractivity contribution in [2.24, 2.45) is 0 Å². The Morgan fingerprint density at radius 3 is 0.795 bits per heavy atom. The molecule has 4 saturated carbocycles. The Kier molecular flexibility index (Phi) is 5.37. The SMILES string of the molecule is Brc1c(Sc2c(Br)c3c(c4c2C2CCC4CC2)C2CCC3CC2)c2c(c3c1C1CCC3CC1)C1CCC2CC1. The molecule has 0 nitrogen and oxygen atoms in total. The molecule has 12 aliphatic carbocycles. The molecule has 0 spiro atoms. The molecule has 12 aliphatic rings. The van der Waals surface area contributed by atoms with Gasteiger partial charge in [0.05, 0.1) is 0 Å². The molecule has 3 heteroatoms. The van der Waals surface area contributed by atoms with Gasteiger partial charge in [0.1, 0.15) is 0 Å². The number of fused-ring (bicyclic) bond motifs is 8. The quantitative estimate of drug-likeness (QED) is 0.308. The fourth-order valence-electron chi connectivity index (χ4n) is 11.9.